The second-order valence-electron chi connectivity index (χ2n) is 7.19. The molecule has 0 bridgehead atoms. The number of aromatic nitrogens is 2. The van der Waals surface area contributed by atoms with Crippen LogP contribution in [-0.4, -0.2) is 58.1 Å². The summed E-state index contributed by atoms with van der Waals surface area (Å²) >= 11 is 0. The number of nitrogens with zero attached hydrogens (tertiary/aromatic N) is 4. The molecule has 2 amide bonds. The molecule has 1 aromatic rings. The molecule has 1 saturated carbocycles. The van der Waals surface area contributed by atoms with Gasteiger partial charge in [-0.05, 0) is 25.2 Å². The second kappa shape index (κ2) is 6.34. The van der Waals surface area contributed by atoms with Crippen LogP contribution >= 0.6 is 0 Å². The zero-order chi connectivity index (χ0) is 16.6. The van der Waals surface area contributed by atoms with Crippen molar-refractivity contribution in [3.05, 3.63) is 17.5 Å². The van der Waals surface area contributed by atoms with Gasteiger partial charge in [-0.3, -0.25) is 14.3 Å². The van der Waals surface area contributed by atoms with Crippen molar-refractivity contribution < 1.29 is 9.59 Å². The van der Waals surface area contributed by atoms with Crippen molar-refractivity contribution in [3.63, 3.8) is 0 Å². The number of carbonyl (C=O) groups excluding carboxylic acids is 2. The lowest BCUT2D eigenvalue weighted by Crippen LogP contribution is -2.38. The summed E-state index contributed by atoms with van der Waals surface area (Å²) in [6.07, 6.45) is 4.79. The third kappa shape index (κ3) is 3.41. The molecule has 0 spiro atoms. The first-order valence-electron chi connectivity index (χ1n) is 8.56. The Hall–Kier alpha value is -1.85. The van der Waals surface area contributed by atoms with E-state index in [-0.39, 0.29) is 18.4 Å². The molecule has 1 saturated heterocycles. The van der Waals surface area contributed by atoms with Crippen LogP contribution in [0.3, 0.4) is 0 Å². The first-order valence-corrected chi connectivity index (χ1v) is 8.56. The van der Waals surface area contributed by atoms with Crippen LogP contribution in [0, 0.1) is 5.92 Å². The van der Waals surface area contributed by atoms with Gasteiger partial charge in [-0.25, -0.2) is 0 Å². The number of carbonyl (C=O) groups is 2. The first kappa shape index (κ1) is 16.0. The van der Waals surface area contributed by atoms with E-state index in [1.807, 2.05) is 4.68 Å². The van der Waals surface area contributed by atoms with Gasteiger partial charge in [0.1, 0.15) is 6.54 Å². The summed E-state index contributed by atoms with van der Waals surface area (Å²) in [6.45, 7) is 6.67. The van der Waals surface area contributed by atoms with Crippen LogP contribution in [0.2, 0.25) is 0 Å². The SMILES string of the molecule is CC(C)Cn1ncc(C(=O)N2CCCN(C)C(=O)C2)c1C1CC1. The van der Waals surface area contributed by atoms with Crippen LogP contribution in [-0.2, 0) is 11.3 Å². The molecule has 0 unspecified atom stereocenters. The number of likely N-dealkylation sites (N-methyl/N-ethyl adjacent to an activating group) is 1. The van der Waals surface area contributed by atoms with Crippen molar-refractivity contribution in [3.8, 4) is 0 Å². The van der Waals surface area contributed by atoms with Gasteiger partial charge in [0.15, 0.2) is 0 Å². The second-order valence-corrected chi connectivity index (χ2v) is 7.19. The molecule has 2 heterocycles. The van der Waals surface area contributed by atoms with E-state index in [9.17, 15) is 9.59 Å². The minimum absolute atomic E-state index is 0.0124. The van der Waals surface area contributed by atoms with Crippen LogP contribution < -0.4 is 0 Å². The normalized spacial score (nSPS) is 19.4. The van der Waals surface area contributed by atoms with Crippen LogP contribution in [0.5, 0.6) is 0 Å². The lowest BCUT2D eigenvalue weighted by Gasteiger charge is -2.20. The van der Waals surface area contributed by atoms with E-state index in [1.54, 1.807) is 23.0 Å². The Morgan fingerprint density at radius 1 is 1.35 bits per heavy atom. The van der Waals surface area contributed by atoms with E-state index < -0.39 is 0 Å². The molecule has 0 N–H and O–H groups in total. The third-order valence-electron chi connectivity index (χ3n) is 4.57. The molecule has 1 aliphatic heterocycles. The van der Waals surface area contributed by atoms with Gasteiger partial charge in [0.05, 0.1) is 17.5 Å². The van der Waals surface area contributed by atoms with E-state index in [1.165, 1.54) is 0 Å². The summed E-state index contributed by atoms with van der Waals surface area (Å²) in [5.41, 5.74) is 1.78. The molecule has 6 nitrogen and oxygen atoms in total. The fourth-order valence-electron chi connectivity index (χ4n) is 3.17. The molecular formula is C17H26N4O2. The van der Waals surface area contributed by atoms with Gasteiger partial charge in [0.25, 0.3) is 5.91 Å². The van der Waals surface area contributed by atoms with Crippen LogP contribution in [0.1, 0.15) is 55.1 Å². The van der Waals surface area contributed by atoms with E-state index >= 15 is 0 Å². The Morgan fingerprint density at radius 2 is 2.09 bits per heavy atom. The number of hydrogen-bond donors (Lipinski definition) is 0. The highest BCUT2D eigenvalue weighted by atomic mass is 16.2. The molecule has 0 atom stereocenters. The van der Waals surface area contributed by atoms with Gasteiger partial charge < -0.3 is 9.80 Å². The van der Waals surface area contributed by atoms with Crippen molar-refractivity contribution >= 4 is 11.8 Å². The Balaban J connectivity index is 1.84. The maximum Gasteiger partial charge on any atom is 0.257 e. The Kier molecular flexibility index (Phi) is 4.41. The largest absolute Gasteiger partial charge is 0.344 e. The average molecular weight is 318 g/mol. The zero-order valence-corrected chi connectivity index (χ0v) is 14.3. The lowest BCUT2D eigenvalue weighted by molar-refractivity contribution is -0.129. The molecular weight excluding hydrogens is 292 g/mol. The minimum atomic E-state index is -0.0365. The lowest BCUT2D eigenvalue weighted by atomic mass is 10.1. The smallest absolute Gasteiger partial charge is 0.257 e. The summed E-state index contributed by atoms with van der Waals surface area (Å²) in [4.78, 5) is 28.4. The summed E-state index contributed by atoms with van der Waals surface area (Å²) in [6, 6.07) is 0. The average Bonchev–Trinajstić information content (AvgIpc) is 3.27. The van der Waals surface area contributed by atoms with Crippen molar-refractivity contribution in [2.45, 2.75) is 45.6 Å². The third-order valence-corrected chi connectivity index (χ3v) is 4.57. The van der Waals surface area contributed by atoms with Crippen molar-refractivity contribution in [1.82, 2.24) is 19.6 Å². The van der Waals surface area contributed by atoms with Crippen LogP contribution in [0.4, 0.5) is 0 Å². The van der Waals surface area contributed by atoms with Crippen LogP contribution in [0.15, 0.2) is 6.20 Å². The predicted octanol–water partition coefficient (Wildman–Crippen LogP) is 1.72. The molecule has 6 heteroatoms. The Bertz CT molecular complexity index is 604. The summed E-state index contributed by atoms with van der Waals surface area (Å²) in [7, 11) is 1.80. The van der Waals surface area contributed by atoms with Crippen molar-refractivity contribution in [1.29, 1.82) is 0 Å². The fraction of sp³-hybridized carbons (Fsp3) is 0.706. The van der Waals surface area contributed by atoms with Gasteiger partial charge in [-0.15, -0.1) is 0 Å². The number of amides is 2. The highest BCUT2D eigenvalue weighted by Crippen LogP contribution is 2.42. The zero-order valence-electron chi connectivity index (χ0n) is 14.3. The summed E-state index contributed by atoms with van der Waals surface area (Å²) < 4.78 is 2.00. The van der Waals surface area contributed by atoms with Gasteiger partial charge in [0.2, 0.25) is 5.91 Å². The number of rotatable bonds is 4. The molecule has 126 valence electrons. The van der Waals surface area contributed by atoms with E-state index in [0.717, 1.165) is 31.5 Å². The van der Waals surface area contributed by atoms with Gasteiger partial charge >= 0.3 is 0 Å². The van der Waals surface area contributed by atoms with Gasteiger partial charge in [-0.2, -0.15) is 5.10 Å². The number of hydrogen-bond acceptors (Lipinski definition) is 3. The molecule has 0 aromatic carbocycles. The molecule has 2 aliphatic rings. The maximum absolute atomic E-state index is 13.0. The quantitative estimate of drug-likeness (QED) is 0.849. The van der Waals surface area contributed by atoms with E-state index in [2.05, 4.69) is 18.9 Å². The highest BCUT2D eigenvalue weighted by molar-refractivity contribution is 5.97. The highest BCUT2D eigenvalue weighted by Gasteiger charge is 2.34. The molecule has 23 heavy (non-hydrogen) atoms. The minimum Gasteiger partial charge on any atom is -0.344 e. The standard InChI is InChI=1S/C17H26N4O2/c1-12(2)10-21-16(13-5-6-13)14(9-18-21)17(23)20-8-4-7-19(3)15(22)11-20/h9,12-13H,4-8,10-11H2,1-3H3. The molecule has 2 fully saturated rings. The fourth-order valence-corrected chi connectivity index (χ4v) is 3.17. The van der Waals surface area contributed by atoms with Crippen molar-refractivity contribution in [2.24, 2.45) is 5.92 Å². The Morgan fingerprint density at radius 3 is 2.74 bits per heavy atom. The maximum atomic E-state index is 13.0. The van der Waals surface area contributed by atoms with Gasteiger partial charge in [0, 0.05) is 32.6 Å². The summed E-state index contributed by atoms with van der Waals surface area (Å²) in [5.74, 6) is 0.924. The molecule has 0 radical (unpaired) electrons. The summed E-state index contributed by atoms with van der Waals surface area (Å²) in [5, 5.41) is 4.46. The predicted molar refractivity (Wildman–Crippen MR) is 87.2 cm³/mol. The van der Waals surface area contributed by atoms with Crippen LogP contribution in [0.25, 0.3) is 0 Å². The first-order chi connectivity index (χ1) is 11.0. The van der Waals surface area contributed by atoms with E-state index in [4.69, 9.17) is 0 Å². The Labute approximate surface area is 137 Å². The monoisotopic (exact) mass is 318 g/mol. The topological polar surface area (TPSA) is 58.4 Å². The molecule has 1 aliphatic carbocycles. The van der Waals surface area contributed by atoms with E-state index in [0.29, 0.717) is 30.5 Å². The van der Waals surface area contributed by atoms with Crippen molar-refractivity contribution in [2.75, 3.05) is 26.7 Å². The molecule has 3 rings (SSSR count). The molecule has 1 aromatic heterocycles. The van der Waals surface area contributed by atoms with Gasteiger partial charge in [-0.1, -0.05) is 13.8 Å².